The first-order valence-electron chi connectivity index (χ1n) is 3.34. The van der Waals surface area contributed by atoms with Crippen LogP contribution in [-0.4, -0.2) is 5.78 Å². The van der Waals surface area contributed by atoms with Crippen LogP contribution in [0.4, 0.5) is 0 Å². The number of nitrogens with two attached hydrogens (primary N) is 1. The van der Waals surface area contributed by atoms with Crippen molar-refractivity contribution < 1.29 is 0 Å². The second-order valence-corrected chi connectivity index (χ2v) is 3.21. The van der Waals surface area contributed by atoms with Crippen molar-refractivity contribution in [3.05, 3.63) is 35.9 Å². The molecule has 0 fully saturated rings. The molecule has 1 nitrogen and oxygen atoms in total. The van der Waals surface area contributed by atoms with E-state index in [0.29, 0.717) is 0 Å². The summed E-state index contributed by atoms with van der Waals surface area (Å²) in [5.74, 6) is 0.183. The molecule has 0 radical (unpaired) electrons. The van der Waals surface area contributed by atoms with Crippen LogP contribution in [0.25, 0.3) is 0 Å². The van der Waals surface area contributed by atoms with Crippen LogP contribution in [0.2, 0.25) is 0 Å². The number of benzene rings is 1. The van der Waals surface area contributed by atoms with E-state index in [9.17, 15) is 0 Å². The molecule has 1 aromatic carbocycles. The van der Waals surface area contributed by atoms with E-state index in [0.717, 1.165) is 6.42 Å². The van der Waals surface area contributed by atoms with Crippen LogP contribution in [0.15, 0.2) is 30.3 Å². The van der Waals surface area contributed by atoms with E-state index in [2.05, 4.69) is 21.4 Å². The molecular formula is C8H12NP. The van der Waals surface area contributed by atoms with Gasteiger partial charge in [-0.1, -0.05) is 30.3 Å². The van der Waals surface area contributed by atoms with Crippen molar-refractivity contribution >= 4 is 9.24 Å². The van der Waals surface area contributed by atoms with E-state index in [4.69, 9.17) is 5.73 Å². The Morgan fingerprint density at radius 1 is 1.30 bits per heavy atom. The average molecular weight is 153 g/mol. The maximum Gasteiger partial charge on any atom is 0.0225 e. The topological polar surface area (TPSA) is 26.0 Å². The largest absolute Gasteiger partial charge is 0.324 e. The predicted octanol–water partition coefficient (Wildman–Crippen LogP) is 1.39. The van der Waals surface area contributed by atoms with Crippen LogP contribution in [0.3, 0.4) is 0 Å². The first kappa shape index (κ1) is 7.71. The fourth-order valence-corrected chi connectivity index (χ4v) is 1.16. The van der Waals surface area contributed by atoms with Gasteiger partial charge in [-0.2, -0.15) is 0 Å². The fourth-order valence-electron chi connectivity index (χ4n) is 0.886. The van der Waals surface area contributed by atoms with Crippen LogP contribution in [0, 0.1) is 0 Å². The van der Waals surface area contributed by atoms with Gasteiger partial charge >= 0.3 is 0 Å². The second-order valence-electron chi connectivity index (χ2n) is 2.35. The Labute approximate surface area is 63.8 Å². The summed E-state index contributed by atoms with van der Waals surface area (Å²) < 4.78 is 0. The molecule has 0 aliphatic carbocycles. The summed E-state index contributed by atoms with van der Waals surface area (Å²) in [6, 6.07) is 10.2. The summed E-state index contributed by atoms with van der Waals surface area (Å²) in [4.78, 5) is 0. The van der Waals surface area contributed by atoms with Crippen LogP contribution < -0.4 is 5.73 Å². The van der Waals surface area contributed by atoms with Gasteiger partial charge in [0.15, 0.2) is 0 Å². The van der Waals surface area contributed by atoms with Crippen LogP contribution in [0.1, 0.15) is 5.56 Å². The standard InChI is InChI=1S/C8H12NP/c9-8(10)6-7-4-2-1-3-5-7/h1-5,8H,6,9-10H2. The smallest absolute Gasteiger partial charge is 0.0225 e. The molecule has 2 atom stereocenters. The highest BCUT2D eigenvalue weighted by molar-refractivity contribution is 7.17. The van der Waals surface area contributed by atoms with Crippen molar-refractivity contribution in [2.24, 2.45) is 5.73 Å². The first-order chi connectivity index (χ1) is 4.79. The molecule has 2 unspecified atom stereocenters. The van der Waals surface area contributed by atoms with Gasteiger partial charge in [0, 0.05) is 5.78 Å². The molecule has 0 aliphatic rings. The molecule has 0 heterocycles. The number of rotatable bonds is 2. The summed E-state index contributed by atoms with van der Waals surface area (Å²) in [6.07, 6.45) is 0.936. The molecule has 0 aromatic heterocycles. The quantitative estimate of drug-likeness (QED) is 0.638. The third kappa shape index (κ3) is 2.47. The monoisotopic (exact) mass is 153 g/mol. The molecule has 1 rings (SSSR count). The lowest BCUT2D eigenvalue weighted by Crippen LogP contribution is -2.13. The van der Waals surface area contributed by atoms with Gasteiger partial charge in [-0.25, -0.2) is 0 Å². The molecule has 2 N–H and O–H groups in total. The summed E-state index contributed by atoms with van der Waals surface area (Å²) in [5, 5.41) is 0. The Morgan fingerprint density at radius 2 is 1.90 bits per heavy atom. The predicted molar refractivity (Wildman–Crippen MR) is 47.8 cm³/mol. The highest BCUT2D eigenvalue weighted by atomic mass is 31.0. The maximum absolute atomic E-state index is 5.59. The minimum atomic E-state index is 0.183. The molecule has 1 aromatic rings. The van der Waals surface area contributed by atoms with Crippen molar-refractivity contribution in [2.45, 2.75) is 12.2 Å². The Balaban J connectivity index is 2.59. The minimum absolute atomic E-state index is 0.183. The molecule has 0 bridgehead atoms. The van der Waals surface area contributed by atoms with Crippen LogP contribution >= 0.6 is 9.24 Å². The summed E-state index contributed by atoms with van der Waals surface area (Å²) in [6.45, 7) is 0. The lowest BCUT2D eigenvalue weighted by atomic mass is 10.2. The Bertz CT molecular complexity index is 184. The average Bonchev–Trinajstić information content (AvgIpc) is 1.88. The highest BCUT2D eigenvalue weighted by Crippen LogP contribution is 2.04. The lowest BCUT2D eigenvalue weighted by Gasteiger charge is -2.02. The number of hydrogen-bond acceptors (Lipinski definition) is 1. The highest BCUT2D eigenvalue weighted by Gasteiger charge is 1.94. The Kier molecular flexibility index (Phi) is 2.85. The molecular weight excluding hydrogens is 141 g/mol. The van der Waals surface area contributed by atoms with E-state index in [1.165, 1.54) is 5.56 Å². The van der Waals surface area contributed by atoms with E-state index in [-0.39, 0.29) is 5.78 Å². The van der Waals surface area contributed by atoms with E-state index < -0.39 is 0 Å². The van der Waals surface area contributed by atoms with Crippen molar-refractivity contribution in [3.8, 4) is 0 Å². The minimum Gasteiger partial charge on any atom is -0.324 e. The van der Waals surface area contributed by atoms with Crippen molar-refractivity contribution in [1.82, 2.24) is 0 Å². The molecule has 0 aliphatic heterocycles. The molecule has 0 saturated heterocycles. The van der Waals surface area contributed by atoms with Crippen LogP contribution in [0.5, 0.6) is 0 Å². The van der Waals surface area contributed by atoms with Gasteiger partial charge in [0.1, 0.15) is 0 Å². The maximum atomic E-state index is 5.59. The Hall–Kier alpha value is -0.390. The second kappa shape index (κ2) is 3.70. The molecule has 0 amide bonds. The molecule has 0 spiro atoms. The van der Waals surface area contributed by atoms with Gasteiger partial charge in [0.2, 0.25) is 0 Å². The number of hydrogen-bond donors (Lipinski definition) is 1. The lowest BCUT2D eigenvalue weighted by molar-refractivity contribution is 0.903. The normalized spacial score (nSPS) is 13.0. The van der Waals surface area contributed by atoms with Crippen LogP contribution in [-0.2, 0) is 6.42 Å². The van der Waals surface area contributed by atoms with Gasteiger partial charge in [0.25, 0.3) is 0 Å². The van der Waals surface area contributed by atoms with Gasteiger partial charge in [-0.3, -0.25) is 0 Å². The zero-order valence-electron chi connectivity index (χ0n) is 5.83. The Morgan fingerprint density at radius 3 is 2.40 bits per heavy atom. The van der Waals surface area contributed by atoms with E-state index in [1.807, 2.05) is 18.2 Å². The van der Waals surface area contributed by atoms with Crippen molar-refractivity contribution in [3.63, 3.8) is 0 Å². The summed E-state index contributed by atoms with van der Waals surface area (Å²) in [5.41, 5.74) is 6.88. The SMILES string of the molecule is NC(P)Cc1ccccc1. The van der Waals surface area contributed by atoms with E-state index >= 15 is 0 Å². The fraction of sp³-hybridized carbons (Fsp3) is 0.250. The zero-order chi connectivity index (χ0) is 7.40. The van der Waals surface area contributed by atoms with Gasteiger partial charge in [-0.15, -0.1) is 9.24 Å². The van der Waals surface area contributed by atoms with Crippen molar-refractivity contribution in [1.29, 1.82) is 0 Å². The van der Waals surface area contributed by atoms with Gasteiger partial charge < -0.3 is 5.73 Å². The third-order valence-electron chi connectivity index (χ3n) is 1.31. The molecule has 0 saturated carbocycles. The summed E-state index contributed by atoms with van der Waals surface area (Å²) in [7, 11) is 2.58. The van der Waals surface area contributed by atoms with Gasteiger partial charge in [0.05, 0.1) is 0 Å². The van der Waals surface area contributed by atoms with Gasteiger partial charge in [-0.05, 0) is 12.0 Å². The van der Waals surface area contributed by atoms with Crippen molar-refractivity contribution in [2.75, 3.05) is 0 Å². The van der Waals surface area contributed by atoms with E-state index in [1.54, 1.807) is 0 Å². The zero-order valence-corrected chi connectivity index (χ0v) is 6.98. The molecule has 54 valence electrons. The summed E-state index contributed by atoms with van der Waals surface area (Å²) >= 11 is 0. The first-order valence-corrected chi connectivity index (χ1v) is 4.01. The third-order valence-corrected chi connectivity index (χ3v) is 1.55. The molecule has 10 heavy (non-hydrogen) atoms. The molecule has 2 heteroatoms.